The van der Waals surface area contributed by atoms with Crippen LogP contribution in [0.4, 0.5) is 5.69 Å². The van der Waals surface area contributed by atoms with Crippen molar-refractivity contribution < 1.29 is 41.8 Å². The smallest absolute Gasteiger partial charge is 0.330 e. The Hall–Kier alpha value is -2.38. The summed E-state index contributed by atoms with van der Waals surface area (Å²) < 4.78 is 31.1. The first-order valence-corrected chi connectivity index (χ1v) is 10.3. The van der Waals surface area contributed by atoms with Gasteiger partial charge in [0.1, 0.15) is 0 Å². The van der Waals surface area contributed by atoms with E-state index in [4.69, 9.17) is 4.55 Å². The van der Waals surface area contributed by atoms with Gasteiger partial charge in [0.25, 0.3) is 33.7 Å². The zero-order valence-electron chi connectivity index (χ0n) is 16.4. The molecule has 159 valence electrons. The Morgan fingerprint density at radius 3 is 2.16 bits per heavy atom. The van der Waals surface area contributed by atoms with E-state index in [1.54, 1.807) is 24.3 Å². The summed E-state index contributed by atoms with van der Waals surface area (Å²) >= 11 is 0. The predicted molar refractivity (Wildman–Crippen MR) is 105 cm³/mol. The maximum absolute atomic E-state index is 11.9. The van der Waals surface area contributed by atoms with Gasteiger partial charge in [-0.15, -0.1) is 5.06 Å². The zero-order chi connectivity index (χ0) is 22.1. The molecule has 1 aromatic rings. The SMILES string of the molecule is O=C(CCCc1ccc(N2C(=O)C=CC2=O)cc1)ON1C(=O)CC(S(=O)(=O)O)C1=O.[Na]. The van der Waals surface area contributed by atoms with Crippen LogP contribution in [0.2, 0.25) is 0 Å². The standard InChI is InChI=1S/C18H16N2O9S.Na/c21-14-8-9-15(22)19(14)12-6-4-11(5-7-12)2-1-3-17(24)29-20-16(23)10-13(18(20)25)30(26,27)28;/h4-9,13H,1-3,10H2,(H,26,27,28);. The third-order valence-electron chi connectivity index (χ3n) is 4.46. The molecule has 2 aliphatic rings. The van der Waals surface area contributed by atoms with Crippen molar-refractivity contribution in [1.29, 1.82) is 0 Å². The number of imide groups is 2. The average Bonchev–Trinajstić information content (AvgIpc) is 3.15. The summed E-state index contributed by atoms with van der Waals surface area (Å²) in [5.41, 5.74) is 1.22. The van der Waals surface area contributed by atoms with E-state index < -0.39 is 51.4 Å². The van der Waals surface area contributed by atoms with Crippen molar-refractivity contribution in [3.63, 3.8) is 0 Å². The van der Waals surface area contributed by atoms with Crippen molar-refractivity contribution in [3.8, 4) is 0 Å². The summed E-state index contributed by atoms with van der Waals surface area (Å²) in [6, 6.07) is 6.55. The number of hydrogen-bond acceptors (Lipinski definition) is 8. The Kier molecular flexibility index (Phi) is 7.89. The van der Waals surface area contributed by atoms with Gasteiger partial charge >= 0.3 is 5.97 Å². The van der Waals surface area contributed by atoms with Gasteiger partial charge in [-0.05, 0) is 30.5 Å². The van der Waals surface area contributed by atoms with E-state index in [1.165, 1.54) is 12.2 Å². The number of benzene rings is 1. The Labute approximate surface area is 199 Å². The molecule has 0 saturated carbocycles. The van der Waals surface area contributed by atoms with Crippen LogP contribution in [-0.4, -0.2) is 82.4 Å². The minimum atomic E-state index is -4.78. The minimum absolute atomic E-state index is 0. The van der Waals surface area contributed by atoms with Gasteiger partial charge in [-0.3, -0.25) is 23.7 Å². The molecular weight excluding hydrogens is 443 g/mol. The van der Waals surface area contributed by atoms with Crippen molar-refractivity contribution in [2.24, 2.45) is 0 Å². The van der Waals surface area contributed by atoms with E-state index in [1.807, 2.05) is 0 Å². The van der Waals surface area contributed by atoms with Crippen LogP contribution < -0.4 is 4.90 Å². The molecule has 3 rings (SSSR count). The molecule has 0 bridgehead atoms. The van der Waals surface area contributed by atoms with Crippen molar-refractivity contribution >= 4 is 75.0 Å². The molecule has 0 aliphatic carbocycles. The van der Waals surface area contributed by atoms with Gasteiger partial charge in [0.15, 0.2) is 5.25 Å². The second-order valence-electron chi connectivity index (χ2n) is 6.56. The van der Waals surface area contributed by atoms with Crippen LogP contribution in [0.25, 0.3) is 0 Å². The van der Waals surface area contributed by atoms with Crippen molar-refractivity contribution in [2.45, 2.75) is 30.9 Å². The van der Waals surface area contributed by atoms with Crippen LogP contribution >= 0.6 is 0 Å². The van der Waals surface area contributed by atoms with Crippen molar-refractivity contribution in [3.05, 3.63) is 42.0 Å². The molecule has 2 heterocycles. The first kappa shape index (κ1) is 24.9. The number of aryl methyl sites for hydroxylation is 1. The molecule has 31 heavy (non-hydrogen) atoms. The van der Waals surface area contributed by atoms with Crippen LogP contribution in [0, 0.1) is 0 Å². The molecule has 2 aliphatic heterocycles. The van der Waals surface area contributed by atoms with Crippen LogP contribution in [0.3, 0.4) is 0 Å². The third-order valence-corrected chi connectivity index (χ3v) is 5.55. The summed E-state index contributed by atoms with van der Waals surface area (Å²) in [4.78, 5) is 64.3. The van der Waals surface area contributed by atoms with E-state index in [9.17, 15) is 32.4 Å². The molecule has 1 radical (unpaired) electrons. The normalized spacial score (nSPS) is 18.5. The first-order chi connectivity index (χ1) is 14.1. The molecule has 4 amide bonds. The molecule has 1 unspecified atom stereocenters. The van der Waals surface area contributed by atoms with E-state index in [2.05, 4.69) is 4.84 Å². The van der Waals surface area contributed by atoms with Gasteiger partial charge < -0.3 is 4.84 Å². The van der Waals surface area contributed by atoms with E-state index in [0.717, 1.165) is 10.5 Å². The molecule has 1 fully saturated rings. The Bertz CT molecular complexity index is 1050. The number of nitrogens with zero attached hydrogens (tertiary/aromatic N) is 2. The van der Waals surface area contributed by atoms with Gasteiger partial charge in [0.2, 0.25) is 0 Å². The van der Waals surface area contributed by atoms with Gasteiger partial charge in [-0.2, -0.15) is 8.42 Å². The summed E-state index contributed by atoms with van der Waals surface area (Å²) in [5.74, 6) is -4.13. The fourth-order valence-electron chi connectivity index (χ4n) is 2.96. The number of rotatable bonds is 7. The van der Waals surface area contributed by atoms with Crippen LogP contribution in [0.1, 0.15) is 24.8 Å². The topological polar surface area (TPSA) is 155 Å². The van der Waals surface area contributed by atoms with E-state index in [-0.39, 0.29) is 41.0 Å². The monoisotopic (exact) mass is 459 g/mol. The molecule has 1 aromatic carbocycles. The summed E-state index contributed by atoms with van der Waals surface area (Å²) in [7, 11) is -4.78. The zero-order valence-corrected chi connectivity index (χ0v) is 19.2. The van der Waals surface area contributed by atoms with E-state index in [0.29, 0.717) is 18.5 Å². The number of carbonyl (C=O) groups excluding carboxylic acids is 5. The quantitative estimate of drug-likeness (QED) is 0.324. The summed E-state index contributed by atoms with van der Waals surface area (Å²) in [5, 5.41) is -1.91. The maximum Gasteiger partial charge on any atom is 0.333 e. The van der Waals surface area contributed by atoms with Crippen molar-refractivity contribution in [1.82, 2.24) is 5.06 Å². The Morgan fingerprint density at radius 2 is 1.65 bits per heavy atom. The molecule has 0 aromatic heterocycles. The number of hydrogen-bond donors (Lipinski definition) is 1. The fraction of sp³-hybridized carbons (Fsp3) is 0.278. The molecule has 13 heteroatoms. The first-order valence-electron chi connectivity index (χ1n) is 8.77. The maximum atomic E-state index is 11.9. The van der Waals surface area contributed by atoms with Crippen LogP contribution in [0.5, 0.6) is 0 Å². The van der Waals surface area contributed by atoms with Gasteiger partial charge in [-0.1, -0.05) is 12.1 Å². The largest absolute Gasteiger partial charge is 0.333 e. The Balaban J connectivity index is 0.00000341. The van der Waals surface area contributed by atoms with Crippen LogP contribution in [-0.2, 0) is 45.3 Å². The molecule has 11 nitrogen and oxygen atoms in total. The van der Waals surface area contributed by atoms with Gasteiger partial charge in [0, 0.05) is 48.1 Å². The minimum Gasteiger partial charge on any atom is -0.330 e. The summed E-state index contributed by atoms with van der Waals surface area (Å²) in [6.45, 7) is 0. The predicted octanol–water partition coefficient (Wildman–Crippen LogP) is -0.469. The molecule has 1 saturated heterocycles. The summed E-state index contributed by atoms with van der Waals surface area (Å²) in [6.07, 6.45) is 2.10. The van der Waals surface area contributed by atoms with Gasteiger partial charge in [0.05, 0.1) is 12.1 Å². The number of hydroxylamine groups is 2. The van der Waals surface area contributed by atoms with Gasteiger partial charge in [-0.25, -0.2) is 9.69 Å². The number of amides is 4. The molecule has 1 N–H and O–H groups in total. The van der Waals surface area contributed by atoms with E-state index >= 15 is 0 Å². The van der Waals surface area contributed by atoms with Crippen molar-refractivity contribution in [2.75, 3.05) is 4.90 Å². The third kappa shape index (κ3) is 5.66. The molecular formula is C18H16N2NaO9S. The average molecular weight is 459 g/mol. The van der Waals surface area contributed by atoms with Crippen LogP contribution in [0.15, 0.2) is 36.4 Å². The fourth-order valence-corrected chi connectivity index (χ4v) is 3.67. The molecule has 0 spiro atoms. The second-order valence-corrected chi connectivity index (χ2v) is 8.16. The Morgan fingerprint density at radius 1 is 1.06 bits per heavy atom. The molecule has 1 atom stereocenters. The number of carbonyl (C=O) groups is 5. The second kappa shape index (κ2) is 9.83. The number of anilines is 1.